The van der Waals surface area contributed by atoms with Crippen molar-refractivity contribution < 1.29 is 4.79 Å². The van der Waals surface area contributed by atoms with Gasteiger partial charge in [-0.2, -0.15) is 0 Å². The number of amides is 1. The molecule has 1 saturated carbocycles. The molecule has 0 aromatic carbocycles. The molecular formula is C13H26N2O. The smallest absolute Gasteiger partial charge is 0.223 e. The van der Waals surface area contributed by atoms with Crippen molar-refractivity contribution >= 4 is 5.91 Å². The van der Waals surface area contributed by atoms with Crippen LogP contribution in [0, 0.1) is 5.41 Å². The van der Waals surface area contributed by atoms with Crippen LogP contribution in [0.25, 0.3) is 0 Å². The Balaban J connectivity index is 2.58. The molecule has 0 bridgehead atoms. The maximum Gasteiger partial charge on any atom is 0.223 e. The number of rotatable bonds is 5. The quantitative estimate of drug-likeness (QED) is 0.781. The van der Waals surface area contributed by atoms with Crippen molar-refractivity contribution in [2.24, 2.45) is 11.1 Å². The van der Waals surface area contributed by atoms with Gasteiger partial charge in [0.25, 0.3) is 0 Å². The highest BCUT2D eigenvalue weighted by Gasteiger charge is 2.39. The number of hydrogen-bond acceptors (Lipinski definition) is 2. The predicted octanol–water partition coefficient (Wildman–Crippen LogP) is 2.15. The fourth-order valence-electron chi connectivity index (χ4n) is 2.14. The molecule has 0 heterocycles. The van der Waals surface area contributed by atoms with E-state index in [1.54, 1.807) is 0 Å². The summed E-state index contributed by atoms with van der Waals surface area (Å²) in [7, 11) is 1.91. The van der Waals surface area contributed by atoms with Gasteiger partial charge in [-0.15, -0.1) is 0 Å². The van der Waals surface area contributed by atoms with Crippen molar-refractivity contribution in [1.29, 1.82) is 0 Å². The Labute approximate surface area is 99.4 Å². The molecule has 3 heteroatoms. The van der Waals surface area contributed by atoms with Crippen LogP contribution in [0.15, 0.2) is 0 Å². The number of nitrogens with zero attached hydrogens (tertiary/aromatic N) is 1. The Morgan fingerprint density at radius 2 is 2.00 bits per heavy atom. The van der Waals surface area contributed by atoms with Gasteiger partial charge in [0, 0.05) is 19.0 Å². The Morgan fingerprint density at radius 3 is 2.31 bits per heavy atom. The zero-order valence-electron chi connectivity index (χ0n) is 11.2. The molecule has 0 atom stereocenters. The molecule has 1 amide bonds. The molecule has 94 valence electrons. The first-order valence-corrected chi connectivity index (χ1v) is 6.34. The van der Waals surface area contributed by atoms with Crippen LogP contribution in [0.3, 0.4) is 0 Å². The van der Waals surface area contributed by atoms with E-state index in [1.165, 1.54) is 6.42 Å². The lowest BCUT2D eigenvalue weighted by Gasteiger charge is -2.43. The third-order valence-corrected chi connectivity index (χ3v) is 4.52. The highest BCUT2D eigenvalue weighted by atomic mass is 16.2. The standard InChI is InChI=1S/C13H26N2O/c1-5-12(2,3)15(4)11(16)9-13(10-14)7-6-8-13/h5-10,14H2,1-4H3. The Hall–Kier alpha value is -0.570. The zero-order chi connectivity index (χ0) is 12.4. The third kappa shape index (κ3) is 2.57. The largest absolute Gasteiger partial charge is 0.341 e. The average Bonchev–Trinajstić information content (AvgIpc) is 2.22. The van der Waals surface area contributed by atoms with Gasteiger partial charge in [0.2, 0.25) is 5.91 Å². The van der Waals surface area contributed by atoms with Crippen LogP contribution >= 0.6 is 0 Å². The van der Waals surface area contributed by atoms with Gasteiger partial charge in [-0.25, -0.2) is 0 Å². The number of carbonyl (C=O) groups excluding carboxylic acids is 1. The van der Waals surface area contributed by atoms with Crippen molar-refractivity contribution in [2.45, 2.75) is 58.4 Å². The van der Waals surface area contributed by atoms with Crippen molar-refractivity contribution in [3.63, 3.8) is 0 Å². The van der Waals surface area contributed by atoms with Crippen LogP contribution in [0.5, 0.6) is 0 Å². The second kappa shape index (κ2) is 4.74. The van der Waals surface area contributed by atoms with Gasteiger partial charge < -0.3 is 10.6 Å². The van der Waals surface area contributed by atoms with Gasteiger partial charge in [0.1, 0.15) is 0 Å². The van der Waals surface area contributed by atoms with Gasteiger partial charge in [-0.3, -0.25) is 4.79 Å². The topological polar surface area (TPSA) is 46.3 Å². The molecule has 16 heavy (non-hydrogen) atoms. The average molecular weight is 226 g/mol. The van der Waals surface area contributed by atoms with Gasteiger partial charge >= 0.3 is 0 Å². The zero-order valence-corrected chi connectivity index (χ0v) is 11.2. The van der Waals surface area contributed by atoms with Gasteiger partial charge in [0.15, 0.2) is 0 Å². The Bertz CT molecular complexity index is 251. The Kier molecular flexibility index (Phi) is 4.00. The van der Waals surface area contributed by atoms with Crippen molar-refractivity contribution in [1.82, 2.24) is 4.90 Å². The highest BCUT2D eigenvalue weighted by molar-refractivity contribution is 5.77. The van der Waals surface area contributed by atoms with E-state index in [-0.39, 0.29) is 16.9 Å². The first-order valence-electron chi connectivity index (χ1n) is 6.34. The minimum absolute atomic E-state index is 0.0450. The summed E-state index contributed by atoms with van der Waals surface area (Å²) >= 11 is 0. The summed E-state index contributed by atoms with van der Waals surface area (Å²) in [6.07, 6.45) is 5.07. The van der Waals surface area contributed by atoms with Crippen LogP contribution in [-0.2, 0) is 4.79 Å². The third-order valence-electron chi connectivity index (χ3n) is 4.52. The van der Waals surface area contributed by atoms with E-state index in [0.717, 1.165) is 19.3 Å². The molecule has 3 nitrogen and oxygen atoms in total. The molecule has 0 radical (unpaired) electrons. The van der Waals surface area contributed by atoms with Crippen molar-refractivity contribution in [3.05, 3.63) is 0 Å². The van der Waals surface area contributed by atoms with Crippen LogP contribution in [0.2, 0.25) is 0 Å². The molecule has 0 saturated heterocycles. The van der Waals surface area contributed by atoms with E-state index in [4.69, 9.17) is 5.73 Å². The number of hydrogen-bond donors (Lipinski definition) is 1. The molecule has 0 spiro atoms. The summed E-state index contributed by atoms with van der Waals surface area (Å²) in [6, 6.07) is 0. The summed E-state index contributed by atoms with van der Waals surface area (Å²) in [4.78, 5) is 14.1. The molecule has 0 unspecified atom stereocenters. The molecule has 1 rings (SSSR count). The molecule has 0 aromatic rings. The van der Waals surface area contributed by atoms with Crippen LogP contribution in [-0.4, -0.2) is 29.9 Å². The monoisotopic (exact) mass is 226 g/mol. The van der Waals surface area contributed by atoms with E-state index < -0.39 is 0 Å². The summed E-state index contributed by atoms with van der Waals surface area (Å²) in [5.74, 6) is 0.247. The van der Waals surface area contributed by atoms with E-state index >= 15 is 0 Å². The molecular weight excluding hydrogens is 200 g/mol. The summed E-state index contributed by atoms with van der Waals surface area (Å²) in [6.45, 7) is 6.99. The van der Waals surface area contributed by atoms with E-state index in [1.807, 2.05) is 11.9 Å². The lowest BCUT2D eigenvalue weighted by Crippen LogP contribution is -2.48. The maximum absolute atomic E-state index is 12.2. The molecule has 1 aliphatic carbocycles. The molecule has 2 N–H and O–H groups in total. The number of carbonyl (C=O) groups is 1. The fourth-order valence-corrected chi connectivity index (χ4v) is 2.14. The van der Waals surface area contributed by atoms with Gasteiger partial charge in [-0.05, 0) is 45.1 Å². The minimum Gasteiger partial charge on any atom is -0.341 e. The normalized spacial score (nSPS) is 19.1. The molecule has 1 aliphatic rings. The fraction of sp³-hybridized carbons (Fsp3) is 0.923. The molecule has 0 aromatic heterocycles. The second-order valence-electron chi connectivity index (χ2n) is 5.85. The van der Waals surface area contributed by atoms with Crippen molar-refractivity contribution in [2.75, 3.05) is 13.6 Å². The molecule has 0 aliphatic heterocycles. The van der Waals surface area contributed by atoms with Crippen molar-refractivity contribution in [3.8, 4) is 0 Å². The van der Waals surface area contributed by atoms with E-state index in [2.05, 4.69) is 20.8 Å². The van der Waals surface area contributed by atoms with E-state index in [9.17, 15) is 4.79 Å². The SMILES string of the molecule is CCC(C)(C)N(C)C(=O)CC1(CN)CCC1. The van der Waals surface area contributed by atoms with Crippen LogP contribution in [0.1, 0.15) is 52.9 Å². The maximum atomic E-state index is 12.2. The lowest BCUT2D eigenvalue weighted by molar-refractivity contribution is -0.138. The first kappa shape index (κ1) is 13.5. The Morgan fingerprint density at radius 1 is 1.44 bits per heavy atom. The van der Waals surface area contributed by atoms with E-state index in [0.29, 0.717) is 13.0 Å². The second-order valence-corrected chi connectivity index (χ2v) is 5.85. The van der Waals surface area contributed by atoms with Crippen LogP contribution in [0.4, 0.5) is 0 Å². The van der Waals surface area contributed by atoms with Gasteiger partial charge in [-0.1, -0.05) is 13.3 Å². The summed E-state index contributed by atoms with van der Waals surface area (Å²) < 4.78 is 0. The minimum atomic E-state index is -0.0450. The lowest BCUT2D eigenvalue weighted by atomic mass is 9.66. The van der Waals surface area contributed by atoms with Crippen LogP contribution < -0.4 is 5.73 Å². The summed E-state index contributed by atoms with van der Waals surface area (Å²) in [5.41, 5.74) is 5.86. The predicted molar refractivity (Wildman–Crippen MR) is 67.1 cm³/mol. The summed E-state index contributed by atoms with van der Waals surface area (Å²) in [5, 5.41) is 0. The van der Waals surface area contributed by atoms with Gasteiger partial charge in [0.05, 0.1) is 0 Å². The first-order chi connectivity index (χ1) is 7.37. The number of nitrogens with two attached hydrogens (primary N) is 1. The highest BCUT2D eigenvalue weighted by Crippen LogP contribution is 2.43. The molecule has 1 fully saturated rings.